The summed E-state index contributed by atoms with van der Waals surface area (Å²) in [6, 6.07) is 0.141. The lowest BCUT2D eigenvalue weighted by atomic mass is 10.1. The molecular formula is C12H22N2O2. The zero-order chi connectivity index (χ0) is 12.3. The van der Waals surface area contributed by atoms with Gasteiger partial charge in [-0.15, -0.1) is 0 Å². The summed E-state index contributed by atoms with van der Waals surface area (Å²) in [5.41, 5.74) is 0. The predicted molar refractivity (Wildman–Crippen MR) is 62.8 cm³/mol. The van der Waals surface area contributed by atoms with Gasteiger partial charge in [-0.25, -0.2) is 0 Å². The maximum absolute atomic E-state index is 11.7. The molecular weight excluding hydrogens is 204 g/mol. The van der Waals surface area contributed by atoms with E-state index in [1.165, 1.54) is 0 Å². The third-order valence-corrected chi connectivity index (χ3v) is 2.60. The number of carbonyl (C=O) groups excluding carboxylic acids is 2. The molecule has 0 aromatic carbocycles. The summed E-state index contributed by atoms with van der Waals surface area (Å²) in [5.74, 6) is 0.414. The van der Waals surface area contributed by atoms with Crippen LogP contribution in [-0.2, 0) is 9.59 Å². The molecule has 1 rings (SSSR count). The van der Waals surface area contributed by atoms with Gasteiger partial charge in [0.25, 0.3) is 0 Å². The van der Waals surface area contributed by atoms with Gasteiger partial charge in [0, 0.05) is 25.6 Å². The lowest BCUT2D eigenvalue weighted by Crippen LogP contribution is -2.37. The average molecular weight is 226 g/mol. The molecule has 1 aliphatic rings. The summed E-state index contributed by atoms with van der Waals surface area (Å²) >= 11 is 0. The number of nitrogens with zero attached hydrogens (tertiary/aromatic N) is 1. The fourth-order valence-corrected chi connectivity index (χ4v) is 1.97. The standard InChI is InChI=1S/C12H22N2O2/c1-8(2)6-14-7-10(5-11(14)15)12(16)13-9(3)4/h8-10H,5-7H2,1-4H3,(H,13,16). The van der Waals surface area contributed by atoms with Crippen LogP contribution in [-0.4, -0.2) is 35.8 Å². The smallest absolute Gasteiger partial charge is 0.225 e. The quantitative estimate of drug-likeness (QED) is 0.778. The van der Waals surface area contributed by atoms with Crippen LogP contribution in [0.4, 0.5) is 0 Å². The Labute approximate surface area is 97.4 Å². The van der Waals surface area contributed by atoms with Crippen molar-refractivity contribution in [3.05, 3.63) is 0 Å². The highest BCUT2D eigenvalue weighted by Gasteiger charge is 2.34. The number of amides is 2. The Bertz CT molecular complexity index is 274. The van der Waals surface area contributed by atoms with Gasteiger partial charge in [-0.05, 0) is 19.8 Å². The van der Waals surface area contributed by atoms with Crippen LogP contribution in [0.2, 0.25) is 0 Å². The summed E-state index contributed by atoms with van der Waals surface area (Å²) < 4.78 is 0. The Kier molecular flexibility index (Phi) is 4.33. The van der Waals surface area contributed by atoms with Gasteiger partial charge < -0.3 is 10.2 Å². The topological polar surface area (TPSA) is 49.4 Å². The Morgan fingerprint density at radius 1 is 1.44 bits per heavy atom. The van der Waals surface area contributed by atoms with E-state index in [1.54, 1.807) is 4.90 Å². The van der Waals surface area contributed by atoms with Gasteiger partial charge in [0.1, 0.15) is 0 Å². The minimum Gasteiger partial charge on any atom is -0.354 e. The largest absolute Gasteiger partial charge is 0.354 e. The van der Waals surface area contributed by atoms with Crippen molar-refractivity contribution in [2.24, 2.45) is 11.8 Å². The number of carbonyl (C=O) groups is 2. The van der Waals surface area contributed by atoms with Crippen molar-refractivity contribution in [2.75, 3.05) is 13.1 Å². The fourth-order valence-electron chi connectivity index (χ4n) is 1.97. The number of hydrogen-bond acceptors (Lipinski definition) is 2. The number of rotatable bonds is 4. The molecule has 1 heterocycles. The zero-order valence-corrected chi connectivity index (χ0v) is 10.6. The summed E-state index contributed by atoms with van der Waals surface area (Å²) in [6.07, 6.45) is 0.366. The van der Waals surface area contributed by atoms with Crippen molar-refractivity contribution in [3.8, 4) is 0 Å². The third kappa shape index (κ3) is 3.51. The molecule has 1 aliphatic heterocycles. The van der Waals surface area contributed by atoms with Crippen molar-refractivity contribution in [2.45, 2.75) is 40.2 Å². The van der Waals surface area contributed by atoms with Crippen molar-refractivity contribution in [3.63, 3.8) is 0 Å². The lowest BCUT2D eigenvalue weighted by Gasteiger charge is -2.19. The van der Waals surface area contributed by atoms with E-state index in [0.717, 1.165) is 6.54 Å². The summed E-state index contributed by atoms with van der Waals surface area (Å²) in [5, 5.41) is 2.86. The number of hydrogen-bond donors (Lipinski definition) is 1. The molecule has 1 saturated heterocycles. The first-order chi connectivity index (χ1) is 7.40. The second-order valence-electron chi connectivity index (χ2n) is 5.26. The van der Waals surface area contributed by atoms with Gasteiger partial charge in [0.2, 0.25) is 11.8 Å². The van der Waals surface area contributed by atoms with E-state index >= 15 is 0 Å². The van der Waals surface area contributed by atoms with E-state index in [9.17, 15) is 9.59 Å². The molecule has 0 saturated carbocycles. The van der Waals surface area contributed by atoms with Crippen molar-refractivity contribution in [1.82, 2.24) is 10.2 Å². The highest BCUT2D eigenvalue weighted by Crippen LogP contribution is 2.19. The van der Waals surface area contributed by atoms with Crippen LogP contribution in [0, 0.1) is 11.8 Å². The molecule has 0 radical (unpaired) electrons. The highest BCUT2D eigenvalue weighted by molar-refractivity contribution is 5.89. The second-order valence-corrected chi connectivity index (χ2v) is 5.26. The van der Waals surface area contributed by atoms with Crippen LogP contribution in [0.3, 0.4) is 0 Å². The Hall–Kier alpha value is -1.06. The molecule has 1 fully saturated rings. The van der Waals surface area contributed by atoms with Gasteiger partial charge in [-0.2, -0.15) is 0 Å². The van der Waals surface area contributed by atoms with Crippen LogP contribution in [0.1, 0.15) is 34.1 Å². The van der Waals surface area contributed by atoms with Gasteiger partial charge in [-0.3, -0.25) is 9.59 Å². The van der Waals surface area contributed by atoms with E-state index in [1.807, 2.05) is 13.8 Å². The monoisotopic (exact) mass is 226 g/mol. The van der Waals surface area contributed by atoms with Crippen molar-refractivity contribution in [1.29, 1.82) is 0 Å². The Morgan fingerprint density at radius 2 is 2.06 bits per heavy atom. The van der Waals surface area contributed by atoms with E-state index in [4.69, 9.17) is 0 Å². The summed E-state index contributed by atoms with van der Waals surface area (Å²) in [7, 11) is 0. The van der Waals surface area contributed by atoms with Crippen LogP contribution in [0.25, 0.3) is 0 Å². The fraction of sp³-hybridized carbons (Fsp3) is 0.833. The maximum Gasteiger partial charge on any atom is 0.225 e. The minimum absolute atomic E-state index is 0.00889. The number of likely N-dealkylation sites (tertiary alicyclic amines) is 1. The average Bonchev–Trinajstić information content (AvgIpc) is 2.45. The SMILES string of the molecule is CC(C)CN1CC(C(=O)NC(C)C)CC1=O. The molecule has 0 bridgehead atoms. The molecule has 0 aliphatic carbocycles. The van der Waals surface area contributed by atoms with Crippen molar-refractivity contribution >= 4 is 11.8 Å². The first-order valence-corrected chi connectivity index (χ1v) is 5.98. The van der Waals surface area contributed by atoms with Gasteiger partial charge in [-0.1, -0.05) is 13.8 Å². The van der Waals surface area contributed by atoms with Gasteiger partial charge in [0.05, 0.1) is 5.92 Å². The molecule has 0 aromatic heterocycles. The van der Waals surface area contributed by atoms with Crippen LogP contribution >= 0.6 is 0 Å². The molecule has 1 unspecified atom stereocenters. The van der Waals surface area contributed by atoms with E-state index < -0.39 is 0 Å². The molecule has 4 heteroatoms. The zero-order valence-electron chi connectivity index (χ0n) is 10.6. The van der Waals surface area contributed by atoms with Crippen LogP contribution in [0.5, 0.6) is 0 Å². The first-order valence-electron chi connectivity index (χ1n) is 5.98. The van der Waals surface area contributed by atoms with E-state index in [0.29, 0.717) is 18.9 Å². The number of nitrogens with one attached hydrogen (secondary N) is 1. The predicted octanol–water partition coefficient (Wildman–Crippen LogP) is 1.02. The minimum atomic E-state index is -0.159. The Morgan fingerprint density at radius 3 is 2.56 bits per heavy atom. The summed E-state index contributed by atoms with van der Waals surface area (Å²) in [6.45, 7) is 9.35. The molecule has 2 amide bonds. The van der Waals surface area contributed by atoms with E-state index in [2.05, 4.69) is 19.2 Å². The van der Waals surface area contributed by atoms with Crippen molar-refractivity contribution < 1.29 is 9.59 Å². The molecule has 0 spiro atoms. The first kappa shape index (κ1) is 13.0. The van der Waals surface area contributed by atoms with Gasteiger partial charge in [0.15, 0.2) is 0 Å². The second kappa shape index (κ2) is 5.32. The molecule has 1 N–H and O–H groups in total. The molecule has 4 nitrogen and oxygen atoms in total. The van der Waals surface area contributed by atoms with Crippen LogP contribution < -0.4 is 5.32 Å². The highest BCUT2D eigenvalue weighted by atomic mass is 16.2. The molecule has 1 atom stereocenters. The van der Waals surface area contributed by atoms with E-state index in [-0.39, 0.29) is 23.8 Å². The van der Waals surface area contributed by atoms with Crippen LogP contribution in [0.15, 0.2) is 0 Å². The maximum atomic E-state index is 11.7. The molecule has 0 aromatic rings. The molecule has 16 heavy (non-hydrogen) atoms. The molecule has 92 valence electrons. The summed E-state index contributed by atoms with van der Waals surface area (Å²) in [4.78, 5) is 25.2. The normalized spacial score (nSPS) is 21.0. The lowest BCUT2D eigenvalue weighted by molar-refractivity contribution is -0.129. The van der Waals surface area contributed by atoms with Gasteiger partial charge >= 0.3 is 0 Å². The Balaban J connectivity index is 2.49. The third-order valence-electron chi connectivity index (χ3n) is 2.60.